The first-order valence-electron chi connectivity index (χ1n) is 9.85. The number of hydrogen-bond acceptors (Lipinski definition) is 3. The molecule has 0 bridgehead atoms. The second-order valence-corrected chi connectivity index (χ2v) is 8.73. The highest BCUT2D eigenvalue weighted by Gasteiger charge is 2.40. The molecule has 30 heavy (non-hydrogen) atoms. The summed E-state index contributed by atoms with van der Waals surface area (Å²) in [4.78, 5) is 16.1. The Morgan fingerprint density at radius 3 is 2.43 bits per heavy atom. The van der Waals surface area contributed by atoms with Crippen LogP contribution in [0.4, 0.5) is 18.0 Å². The average molecular weight is 424 g/mol. The van der Waals surface area contributed by atoms with E-state index in [-0.39, 0.29) is 17.7 Å². The number of carbonyl (C=O) groups is 1. The van der Waals surface area contributed by atoms with Crippen LogP contribution in [0.15, 0.2) is 36.5 Å². The summed E-state index contributed by atoms with van der Waals surface area (Å²) < 4.78 is 41.1. The topological polar surface area (TPSA) is 70.4 Å². The first-order chi connectivity index (χ1) is 13.9. The number of fused-ring (bicyclic) bond motifs is 1. The zero-order valence-electron chi connectivity index (χ0n) is 17.4. The van der Waals surface area contributed by atoms with Crippen LogP contribution in [0.1, 0.15) is 69.2 Å². The van der Waals surface area contributed by atoms with Crippen molar-refractivity contribution in [1.29, 1.82) is 0 Å². The van der Waals surface area contributed by atoms with Crippen molar-refractivity contribution in [3.8, 4) is 0 Å². The maximum Gasteiger partial charge on any atom is 0.422 e. The van der Waals surface area contributed by atoms with Crippen molar-refractivity contribution >= 4 is 6.09 Å². The fraction of sp³-hybridized carbons (Fsp3) is 0.524. The summed E-state index contributed by atoms with van der Waals surface area (Å²) in [5, 5.41) is 10.8. The highest BCUT2D eigenvalue weighted by Crippen LogP contribution is 2.44. The average Bonchev–Trinajstić information content (AvgIpc) is 3.03. The Kier molecular flexibility index (Phi) is 5.86. The molecule has 2 heterocycles. The van der Waals surface area contributed by atoms with E-state index in [4.69, 9.17) is 0 Å². The van der Waals surface area contributed by atoms with Crippen molar-refractivity contribution in [2.45, 2.75) is 70.3 Å². The third-order valence-corrected chi connectivity index (χ3v) is 5.45. The largest absolute Gasteiger partial charge is 0.464 e. The van der Waals surface area contributed by atoms with Gasteiger partial charge in [-0.15, -0.1) is 0 Å². The van der Waals surface area contributed by atoms with Gasteiger partial charge in [-0.2, -0.15) is 13.2 Å². The number of carboxylic acid groups (broad SMARTS) is 1. The number of nitrogens with zero attached hydrogens (tertiary/aromatic N) is 3. The summed E-state index contributed by atoms with van der Waals surface area (Å²) in [5.74, 6) is 0.317. The number of rotatable bonds is 4. The van der Waals surface area contributed by atoms with E-state index in [1.807, 2.05) is 37.3 Å². The first kappa shape index (κ1) is 22.1. The van der Waals surface area contributed by atoms with Gasteiger partial charge < -0.3 is 9.67 Å². The first-order valence-corrected chi connectivity index (χ1v) is 9.85. The lowest BCUT2D eigenvalue weighted by Crippen LogP contribution is -2.55. The van der Waals surface area contributed by atoms with Gasteiger partial charge in [0.05, 0.1) is 18.0 Å². The number of alkyl halides is 3. The SMILES string of the molecule is C[C@@H]1[C@H](c2ccccc2)C[C@H](NN(C(=O)O)C(C)(C)C)c2ncc(CC(F)(F)F)n21. The maximum atomic E-state index is 13.2. The van der Waals surface area contributed by atoms with E-state index in [2.05, 4.69) is 10.4 Å². The fourth-order valence-electron chi connectivity index (χ4n) is 4.13. The second-order valence-electron chi connectivity index (χ2n) is 8.73. The van der Waals surface area contributed by atoms with Crippen LogP contribution in [0.3, 0.4) is 0 Å². The second kappa shape index (κ2) is 7.94. The minimum atomic E-state index is -4.36. The van der Waals surface area contributed by atoms with E-state index in [0.29, 0.717) is 12.2 Å². The van der Waals surface area contributed by atoms with E-state index in [1.165, 1.54) is 6.20 Å². The van der Waals surface area contributed by atoms with Crippen molar-refractivity contribution in [2.75, 3.05) is 0 Å². The lowest BCUT2D eigenvalue weighted by molar-refractivity contribution is -0.128. The number of nitrogens with one attached hydrogen (secondary N) is 1. The Labute approximate surface area is 173 Å². The molecule has 0 fully saturated rings. The van der Waals surface area contributed by atoms with E-state index in [1.54, 1.807) is 25.3 Å². The summed E-state index contributed by atoms with van der Waals surface area (Å²) in [6.45, 7) is 7.12. The van der Waals surface area contributed by atoms with Gasteiger partial charge in [-0.1, -0.05) is 30.3 Å². The molecular weight excluding hydrogens is 397 g/mol. The molecule has 0 spiro atoms. The molecule has 1 amide bonds. The number of halogens is 3. The van der Waals surface area contributed by atoms with E-state index < -0.39 is 30.3 Å². The zero-order chi connectivity index (χ0) is 22.3. The van der Waals surface area contributed by atoms with Gasteiger partial charge in [-0.25, -0.2) is 20.2 Å². The molecule has 3 rings (SSSR count). The van der Waals surface area contributed by atoms with Crippen LogP contribution in [-0.2, 0) is 6.42 Å². The summed E-state index contributed by atoms with van der Waals surface area (Å²) in [6.07, 6.45) is -4.85. The van der Waals surface area contributed by atoms with Gasteiger partial charge in [0.1, 0.15) is 5.82 Å². The Morgan fingerprint density at radius 2 is 1.90 bits per heavy atom. The lowest BCUT2D eigenvalue weighted by Gasteiger charge is -2.41. The number of hydrogen-bond donors (Lipinski definition) is 2. The van der Waals surface area contributed by atoms with Crippen LogP contribution in [0, 0.1) is 0 Å². The van der Waals surface area contributed by atoms with Gasteiger partial charge >= 0.3 is 12.3 Å². The van der Waals surface area contributed by atoms with Crippen molar-refractivity contribution in [2.24, 2.45) is 0 Å². The van der Waals surface area contributed by atoms with E-state index >= 15 is 0 Å². The van der Waals surface area contributed by atoms with Crippen LogP contribution < -0.4 is 5.43 Å². The fourth-order valence-corrected chi connectivity index (χ4v) is 4.13. The highest BCUT2D eigenvalue weighted by molar-refractivity contribution is 5.65. The molecule has 164 valence electrons. The molecular formula is C21H27F3N4O2. The minimum Gasteiger partial charge on any atom is -0.464 e. The molecule has 1 aromatic heterocycles. The number of benzene rings is 1. The molecule has 1 aliphatic heterocycles. The number of aromatic nitrogens is 2. The van der Waals surface area contributed by atoms with Crippen molar-refractivity contribution < 1.29 is 23.1 Å². The molecule has 1 aliphatic rings. The normalized spacial score (nSPS) is 21.9. The van der Waals surface area contributed by atoms with Gasteiger partial charge in [-0.05, 0) is 39.7 Å². The standard InChI is InChI=1S/C21H27F3N4O2/c1-13-16(14-8-6-5-7-9-14)10-17(26-28(19(29)30)20(2,3)4)18-25-12-15(27(13)18)11-21(22,23)24/h5-9,12-13,16-17,26H,10-11H2,1-4H3,(H,29,30)/t13-,16-,17+/m1/s1. The molecule has 2 aromatic rings. The van der Waals surface area contributed by atoms with E-state index in [0.717, 1.165) is 10.6 Å². The van der Waals surface area contributed by atoms with Crippen molar-refractivity contribution in [3.63, 3.8) is 0 Å². The molecule has 3 atom stereocenters. The molecule has 0 unspecified atom stereocenters. The molecule has 0 radical (unpaired) electrons. The predicted octanol–water partition coefficient (Wildman–Crippen LogP) is 5.06. The molecule has 0 saturated heterocycles. The van der Waals surface area contributed by atoms with Crippen LogP contribution >= 0.6 is 0 Å². The smallest absolute Gasteiger partial charge is 0.422 e. The molecule has 0 saturated carbocycles. The summed E-state index contributed by atoms with van der Waals surface area (Å²) in [5.41, 5.74) is 3.34. The molecule has 0 aliphatic carbocycles. The predicted molar refractivity (Wildman–Crippen MR) is 106 cm³/mol. The Morgan fingerprint density at radius 1 is 1.27 bits per heavy atom. The summed E-state index contributed by atoms with van der Waals surface area (Å²) >= 11 is 0. The van der Waals surface area contributed by atoms with Crippen LogP contribution in [-0.4, -0.2) is 37.5 Å². The number of amides is 1. The highest BCUT2D eigenvalue weighted by atomic mass is 19.4. The summed E-state index contributed by atoms with van der Waals surface area (Å²) in [6, 6.07) is 8.75. The quantitative estimate of drug-likeness (QED) is 0.673. The van der Waals surface area contributed by atoms with Gasteiger partial charge in [0.15, 0.2) is 0 Å². The van der Waals surface area contributed by atoms with Crippen LogP contribution in [0.5, 0.6) is 0 Å². The van der Waals surface area contributed by atoms with Gasteiger partial charge in [0.2, 0.25) is 0 Å². The maximum absolute atomic E-state index is 13.2. The molecule has 1 aromatic carbocycles. The van der Waals surface area contributed by atoms with Gasteiger partial charge in [0, 0.05) is 23.9 Å². The molecule has 6 nitrogen and oxygen atoms in total. The van der Waals surface area contributed by atoms with Gasteiger partial charge in [0.25, 0.3) is 0 Å². The number of hydrazine groups is 1. The third-order valence-electron chi connectivity index (χ3n) is 5.45. The zero-order valence-corrected chi connectivity index (χ0v) is 17.4. The van der Waals surface area contributed by atoms with Crippen LogP contribution in [0.2, 0.25) is 0 Å². The van der Waals surface area contributed by atoms with Gasteiger partial charge in [-0.3, -0.25) is 0 Å². The van der Waals surface area contributed by atoms with Crippen molar-refractivity contribution in [1.82, 2.24) is 20.0 Å². The Hall–Kier alpha value is -2.55. The monoisotopic (exact) mass is 424 g/mol. The minimum absolute atomic E-state index is 0.0788. The Bertz CT molecular complexity index is 890. The third kappa shape index (κ3) is 4.61. The number of imidazole rings is 1. The summed E-state index contributed by atoms with van der Waals surface area (Å²) in [7, 11) is 0. The molecule has 9 heteroatoms. The van der Waals surface area contributed by atoms with E-state index in [9.17, 15) is 23.1 Å². The lowest BCUT2D eigenvalue weighted by atomic mass is 9.83. The van der Waals surface area contributed by atoms with Crippen molar-refractivity contribution in [3.05, 3.63) is 53.6 Å². The Balaban J connectivity index is 2.05. The molecule has 2 N–H and O–H groups in total. The van der Waals surface area contributed by atoms with Crippen LogP contribution in [0.25, 0.3) is 0 Å².